The van der Waals surface area contributed by atoms with Crippen molar-refractivity contribution in [3.63, 3.8) is 0 Å². The van der Waals surface area contributed by atoms with Gasteiger partial charge in [-0.05, 0) is 19.9 Å². The summed E-state index contributed by atoms with van der Waals surface area (Å²) in [6.07, 6.45) is 3.38. The van der Waals surface area contributed by atoms with Crippen molar-refractivity contribution < 1.29 is 9.47 Å². The van der Waals surface area contributed by atoms with Gasteiger partial charge in [0.1, 0.15) is 17.5 Å². The average molecular weight is 294 g/mol. The SMILES string of the molecule is CCOCc1nc(Cl)cc(-c2cncc(OCC)c2)n1. The summed E-state index contributed by atoms with van der Waals surface area (Å²) in [4.78, 5) is 12.7. The molecule has 2 aromatic rings. The fourth-order valence-corrected chi connectivity index (χ4v) is 1.88. The van der Waals surface area contributed by atoms with E-state index in [4.69, 9.17) is 21.1 Å². The van der Waals surface area contributed by atoms with E-state index in [9.17, 15) is 0 Å². The predicted octanol–water partition coefficient (Wildman–Crippen LogP) is 3.13. The first-order chi connectivity index (χ1) is 9.72. The number of aromatic nitrogens is 3. The van der Waals surface area contributed by atoms with E-state index in [0.717, 1.165) is 5.56 Å². The van der Waals surface area contributed by atoms with Crippen molar-refractivity contribution in [2.45, 2.75) is 20.5 Å². The molecule has 2 aromatic heterocycles. The molecule has 0 fully saturated rings. The van der Waals surface area contributed by atoms with E-state index in [1.54, 1.807) is 18.5 Å². The van der Waals surface area contributed by atoms with Gasteiger partial charge < -0.3 is 9.47 Å². The van der Waals surface area contributed by atoms with Gasteiger partial charge in [0.25, 0.3) is 0 Å². The first kappa shape index (κ1) is 14.7. The summed E-state index contributed by atoms with van der Waals surface area (Å²) in [6.45, 7) is 5.37. The minimum absolute atomic E-state index is 0.336. The second-order valence-electron chi connectivity index (χ2n) is 3.97. The smallest absolute Gasteiger partial charge is 0.156 e. The minimum atomic E-state index is 0.336. The molecule has 0 unspecified atom stereocenters. The van der Waals surface area contributed by atoms with Crippen LogP contribution in [-0.2, 0) is 11.3 Å². The Labute approximate surface area is 123 Å². The Morgan fingerprint density at radius 3 is 2.70 bits per heavy atom. The van der Waals surface area contributed by atoms with Crippen LogP contribution >= 0.6 is 11.6 Å². The lowest BCUT2D eigenvalue weighted by molar-refractivity contribution is 0.128. The standard InChI is InChI=1S/C14H16ClN3O2/c1-3-19-9-14-17-12(6-13(15)18-14)10-5-11(20-4-2)8-16-7-10/h5-8H,3-4,9H2,1-2H3. The molecular formula is C14H16ClN3O2. The molecule has 0 spiro atoms. The zero-order valence-electron chi connectivity index (χ0n) is 11.5. The van der Waals surface area contributed by atoms with Crippen LogP contribution in [0.1, 0.15) is 19.7 Å². The molecule has 0 saturated heterocycles. The van der Waals surface area contributed by atoms with E-state index in [0.29, 0.717) is 42.2 Å². The highest BCUT2D eigenvalue weighted by Gasteiger charge is 2.07. The molecule has 0 atom stereocenters. The number of pyridine rings is 1. The van der Waals surface area contributed by atoms with Crippen molar-refractivity contribution in [3.05, 3.63) is 35.5 Å². The summed E-state index contributed by atoms with van der Waals surface area (Å²) in [5, 5.41) is 0.381. The number of ether oxygens (including phenoxy) is 2. The summed E-state index contributed by atoms with van der Waals surface area (Å²) in [5.74, 6) is 1.25. The topological polar surface area (TPSA) is 57.1 Å². The second-order valence-corrected chi connectivity index (χ2v) is 4.36. The van der Waals surface area contributed by atoms with Gasteiger partial charge in [-0.25, -0.2) is 9.97 Å². The van der Waals surface area contributed by atoms with Crippen LogP contribution in [0.4, 0.5) is 0 Å². The van der Waals surface area contributed by atoms with Gasteiger partial charge in [0.05, 0.1) is 18.5 Å². The lowest BCUT2D eigenvalue weighted by Gasteiger charge is -2.07. The third-order valence-electron chi connectivity index (χ3n) is 2.50. The van der Waals surface area contributed by atoms with Gasteiger partial charge in [-0.15, -0.1) is 0 Å². The summed E-state index contributed by atoms with van der Waals surface area (Å²) < 4.78 is 10.7. The molecule has 0 amide bonds. The Kier molecular flexibility index (Phi) is 5.26. The monoisotopic (exact) mass is 293 g/mol. The fourth-order valence-electron chi connectivity index (χ4n) is 1.67. The maximum atomic E-state index is 6.02. The highest BCUT2D eigenvalue weighted by Crippen LogP contribution is 2.23. The Balaban J connectivity index is 2.31. The number of hydrogen-bond acceptors (Lipinski definition) is 5. The minimum Gasteiger partial charge on any atom is -0.492 e. The number of halogens is 1. The summed E-state index contributed by atoms with van der Waals surface area (Å²) in [6, 6.07) is 3.57. The third-order valence-corrected chi connectivity index (χ3v) is 2.69. The molecule has 106 valence electrons. The van der Waals surface area contributed by atoms with Crippen molar-refractivity contribution >= 4 is 11.6 Å². The lowest BCUT2D eigenvalue weighted by atomic mass is 10.2. The van der Waals surface area contributed by atoms with Crippen LogP contribution in [0.15, 0.2) is 24.5 Å². The van der Waals surface area contributed by atoms with Crippen LogP contribution in [0.3, 0.4) is 0 Å². The van der Waals surface area contributed by atoms with Gasteiger partial charge in [-0.3, -0.25) is 4.98 Å². The Hall–Kier alpha value is -1.72. The summed E-state index contributed by atoms with van der Waals surface area (Å²) >= 11 is 6.02. The van der Waals surface area contributed by atoms with Crippen LogP contribution < -0.4 is 4.74 Å². The van der Waals surface area contributed by atoms with E-state index >= 15 is 0 Å². The molecule has 0 radical (unpaired) electrons. The number of hydrogen-bond donors (Lipinski definition) is 0. The van der Waals surface area contributed by atoms with Crippen molar-refractivity contribution in [2.75, 3.05) is 13.2 Å². The average Bonchev–Trinajstić information content (AvgIpc) is 2.45. The molecule has 20 heavy (non-hydrogen) atoms. The lowest BCUT2D eigenvalue weighted by Crippen LogP contribution is -2.01. The molecule has 0 aliphatic heterocycles. The summed E-state index contributed by atoms with van der Waals surface area (Å²) in [7, 11) is 0. The van der Waals surface area contributed by atoms with Gasteiger partial charge in [0.2, 0.25) is 0 Å². The Morgan fingerprint density at radius 2 is 1.95 bits per heavy atom. The first-order valence-corrected chi connectivity index (χ1v) is 6.80. The first-order valence-electron chi connectivity index (χ1n) is 6.42. The van der Waals surface area contributed by atoms with Crippen LogP contribution in [0.5, 0.6) is 5.75 Å². The molecule has 0 aliphatic carbocycles. The highest BCUT2D eigenvalue weighted by molar-refractivity contribution is 6.29. The molecular weight excluding hydrogens is 278 g/mol. The van der Waals surface area contributed by atoms with Gasteiger partial charge in [0, 0.05) is 24.4 Å². The quantitative estimate of drug-likeness (QED) is 0.766. The van der Waals surface area contributed by atoms with Crippen molar-refractivity contribution in [1.29, 1.82) is 0 Å². The summed E-state index contributed by atoms with van der Waals surface area (Å²) in [5.41, 5.74) is 1.53. The molecule has 0 saturated carbocycles. The molecule has 6 heteroatoms. The Morgan fingerprint density at radius 1 is 1.10 bits per heavy atom. The van der Waals surface area contributed by atoms with Crippen molar-refractivity contribution in [1.82, 2.24) is 15.0 Å². The van der Waals surface area contributed by atoms with Gasteiger partial charge in [-0.2, -0.15) is 0 Å². The molecule has 2 heterocycles. The third kappa shape index (κ3) is 3.88. The number of rotatable bonds is 6. The predicted molar refractivity (Wildman–Crippen MR) is 76.8 cm³/mol. The van der Waals surface area contributed by atoms with Crippen LogP contribution in [-0.4, -0.2) is 28.2 Å². The highest BCUT2D eigenvalue weighted by atomic mass is 35.5. The van der Waals surface area contributed by atoms with E-state index in [2.05, 4.69) is 15.0 Å². The molecule has 0 bridgehead atoms. The van der Waals surface area contributed by atoms with E-state index in [1.807, 2.05) is 19.9 Å². The normalized spacial score (nSPS) is 10.6. The molecule has 0 N–H and O–H groups in total. The maximum absolute atomic E-state index is 6.02. The molecule has 0 aromatic carbocycles. The van der Waals surface area contributed by atoms with E-state index < -0.39 is 0 Å². The second kappa shape index (κ2) is 7.17. The van der Waals surface area contributed by atoms with E-state index in [1.165, 1.54) is 0 Å². The van der Waals surface area contributed by atoms with E-state index in [-0.39, 0.29) is 0 Å². The van der Waals surface area contributed by atoms with Crippen molar-refractivity contribution in [3.8, 4) is 17.0 Å². The molecule has 2 rings (SSSR count). The van der Waals surface area contributed by atoms with Crippen LogP contribution in [0.2, 0.25) is 5.15 Å². The van der Waals surface area contributed by atoms with Gasteiger partial charge in [0.15, 0.2) is 5.82 Å². The van der Waals surface area contributed by atoms with Crippen LogP contribution in [0.25, 0.3) is 11.3 Å². The van der Waals surface area contributed by atoms with Gasteiger partial charge >= 0.3 is 0 Å². The molecule has 0 aliphatic rings. The van der Waals surface area contributed by atoms with Gasteiger partial charge in [-0.1, -0.05) is 11.6 Å². The zero-order chi connectivity index (χ0) is 14.4. The number of nitrogens with zero attached hydrogens (tertiary/aromatic N) is 3. The van der Waals surface area contributed by atoms with Crippen molar-refractivity contribution in [2.24, 2.45) is 0 Å². The fraction of sp³-hybridized carbons (Fsp3) is 0.357. The Bertz CT molecular complexity index is 578. The zero-order valence-corrected chi connectivity index (χ0v) is 12.2. The molecule has 5 nitrogen and oxygen atoms in total. The maximum Gasteiger partial charge on any atom is 0.156 e. The van der Waals surface area contributed by atoms with Crippen LogP contribution in [0, 0.1) is 0 Å². The largest absolute Gasteiger partial charge is 0.492 e.